The van der Waals surface area contributed by atoms with Gasteiger partial charge in [-0.05, 0) is 83.4 Å². The van der Waals surface area contributed by atoms with Crippen molar-refractivity contribution in [1.82, 2.24) is 9.88 Å². The van der Waals surface area contributed by atoms with E-state index in [1.165, 1.54) is 11.3 Å². The molecule has 10 nitrogen and oxygen atoms in total. The zero-order chi connectivity index (χ0) is 36.0. The number of para-hydroxylation sites is 1. The average Bonchev–Trinajstić information content (AvgIpc) is 3.50. The summed E-state index contributed by atoms with van der Waals surface area (Å²) < 4.78 is 12.4. The Kier molecular flexibility index (Phi) is 11.4. The van der Waals surface area contributed by atoms with E-state index < -0.39 is 17.2 Å². The lowest BCUT2D eigenvalue weighted by Crippen LogP contribution is -2.34. The van der Waals surface area contributed by atoms with Crippen LogP contribution in [0.3, 0.4) is 0 Å². The van der Waals surface area contributed by atoms with Crippen LogP contribution in [0.15, 0.2) is 75.9 Å². The third kappa shape index (κ3) is 8.39. The SMILES string of the molecule is CCN(CC)c1ccc2c(-c3ccccc3C(=O)N(CCCC(=O)O)CCCC(=O)OC(C)(C)C)c(-c3nc4ccccc4s3)c(=O)oc2c1. The van der Waals surface area contributed by atoms with E-state index in [4.69, 9.17) is 14.1 Å². The van der Waals surface area contributed by atoms with Gasteiger partial charge in [-0.1, -0.05) is 30.3 Å². The van der Waals surface area contributed by atoms with E-state index in [1.54, 1.807) is 37.8 Å². The number of nitrogens with zero attached hydrogens (tertiary/aromatic N) is 3. The van der Waals surface area contributed by atoms with Crippen LogP contribution in [-0.4, -0.2) is 64.6 Å². The molecule has 0 aliphatic carbocycles. The van der Waals surface area contributed by atoms with Gasteiger partial charge in [-0.25, -0.2) is 9.78 Å². The molecule has 5 aromatic rings. The number of thiazole rings is 1. The Morgan fingerprint density at radius 2 is 1.58 bits per heavy atom. The number of aliphatic carboxylic acids is 1. The van der Waals surface area contributed by atoms with Crippen LogP contribution >= 0.6 is 11.3 Å². The van der Waals surface area contributed by atoms with Gasteiger partial charge in [0.05, 0.1) is 10.2 Å². The number of carboxylic acid groups (broad SMARTS) is 1. The Morgan fingerprint density at radius 1 is 0.900 bits per heavy atom. The third-order valence-corrected chi connectivity index (χ3v) is 9.34. The molecule has 0 atom stereocenters. The van der Waals surface area contributed by atoms with Crippen LogP contribution in [0.4, 0.5) is 5.69 Å². The largest absolute Gasteiger partial charge is 0.481 e. The van der Waals surface area contributed by atoms with Crippen molar-refractivity contribution in [3.8, 4) is 21.7 Å². The predicted molar refractivity (Wildman–Crippen MR) is 198 cm³/mol. The molecule has 262 valence electrons. The molecule has 0 aliphatic heterocycles. The minimum Gasteiger partial charge on any atom is -0.481 e. The first kappa shape index (κ1) is 36.3. The molecule has 1 amide bonds. The summed E-state index contributed by atoms with van der Waals surface area (Å²) in [5.41, 5.74) is 2.49. The van der Waals surface area contributed by atoms with Gasteiger partial charge in [-0.15, -0.1) is 11.3 Å². The van der Waals surface area contributed by atoms with Gasteiger partial charge in [-0.2, -0.15) is 0 Å². The zero-order valence-electron chi connectivity index (χ0n) is 29.2. The molecule has 0 saturated carbocycles. The number of carbonyl (C=O) groups is 3. The van der Waals surface area contributed by atoms with E-state index in [0.29, 0.717) is 39.1 Å². The molecule has 0 aliphatic rings. The molecular formula is C39H43N3O7S. The van der Waals surface area contributed by atoms with E-state index in [0.717, 1.165) is 29.0 Å². The topological polar surface area (TPSA) is 130 Å². The molecule has 0 spiro atoms. The average molecular weight is 698 g/mol. The van der Waals surface area contributed by atoms with Gasteiger partial charge in [0.1, 0.15) is 21.8 Å². The van der Waals surface area contributed by atoms with Gasteiger partial charge in [0.25, 0.3) is 5.91 Å². The van der Waals surface area contributed by atoms with Crippen molar-refractivity contribution in [3.05, 3.63) is 82.7 Å². The standard InChI is InChI=1S/C39H43N3O7S/c1-6-41(7-2)25-20-21-28-30(24-25)48-38(47)35(36-40-29-16-10-11-17-31(29)50-36)34(28)26-14-8-9-15-27(26)37(46)42(22-12-18-32(43)44)23-13-19-33(45)49-39(3,4)5/h8-11,14-17,20-21,24H,6-7,12-13,18-19,22-23H2,1-5H3,(H,43,44). The number of amides is 1. The van der Waals surface area contributed by atoms with Crippen LogP contribution in [0, 0.1) is 0 Å². The van der Waals surface area contributed by atoms with Crippen molar-refractivity contribution < 1.29 is 28.6 Å². The van der Waals surface area contributed by atoms with E-state index in [2.05, 4.69) is 18.7 Å². The van der Waals surface area contributed by atoms with Gasteiger partial charge in [-0.3, -0.25) is 14.4 Å². The van der Waals surface area contributed by atoms with Crippen LogP contribution in [0.25, 0.3) is 42.9 Å². The summed E-state index contributed by atoms with van der Waals surface area (Å²) in [7, 11) is 0. The number of benzene rings is 3. The Labute approximate surface area is 295 Å². The molecule has 0 fully saturated rings. The molecule has 2 heterocycles. The summed E-state index contributed by atoms with van der Waals surface area (Å²) in [6.45, 7) is 11.4. The number of aromatic nitrogens is 1. The maximum Gasteiger partial charge on any atom is 0.347 e. The number of carboxylic acids is 1. The van der Waals surface area contributed by atoms with Crippen LogP contribution in [0.2, 0.25) is 0 Å². The normalized spacial score (nSPS) is 11.5. The van der Waals surface area contributed by atoms with E-state index in [-0.39, 0.29) is 49.8 Å². The Bertz CT molecular complexity index is 2040. The minimum atomic E-state index is -0.960. The van der Waals surface area contributed by atoms with Crippen molar-refractivity contribution >= 4 is 56.1 Å². The molecule has 0 saturated heterocycles. The first-order valence-corrected chi connectivity index (χ1v) is 17.8. The molecule has 1 N–H and O–H groups in total. The number of hydrogen-bond donors (Lipinski definition) is 1. The third-order valence-electron chi connectivity index (χ3n) is 8.29. The quantitative estimate of drug-likeness (QED) is 0.0906. The van der Waals surface area contributed by atoms with E-state index in [9.17, 15) is 24.3 Å². The van der Waals surface area contributed by atoms with Gasteiger partial charge in [0.2, 0.25) is 0 Å². The molecule has 11 heteroatoms. The van der Waals surface area contributed by atoms with Crippen molar-refractivity contribution in [1.29, 1.82) is 0 Å². The van der Waals surface area contributed by atoms with Crippen LogP contribution < -0.4 is 10.5 Å². The first-order valence-electron chi connectivity index (χ1n) is 16.9. The van der Waals surface area contributed by atoms with Crippen molar-refractivity contribution in [3.63, 3.8) is 0 Å². The highest BCUT2D eigenvalue weighted by Gasteiger charge is 2.27. The van der Waals surface area contributed by atoms with E-state index >= 15 is 0 Å². The lowest BCUT2D eigenvalue weighted by molar-refractivity contribution is -0.155. The maximum atomic E-state index is 14.5. The summed E-state index contributed by atoms with van der Waals surface area (Å²) in [6, 6.07) is 20.5. The highest BCUT2D eigenvalue weighted by molar-refractivity contribution is 7.21. The molecule has 2 aromatic heterocycles. The monoisotopic (exact) mass is 697 g/mol. The fourth-order valence-electron chi connectivity index (χ4n) is 6.03. The highest BCUT2D eigenvalue weighted by atomic mass is 32.1. The predicted octanol–water partition coefficient (Wildman–Crippen LogP) is 8.01. The fraction of sp³-hybridized carbons (Fsp3) is 0.359. The fourth-order valence-corrected chi connectivity index (χ4v) is 7.03. The smallest absolute Gasteiger partial charge is 0.347 e. The second-order valence-corrected chi connectivity index (χ2v) is 14.0. The minimum absolute atomic E-state index is 0.0998. The number of hydrogen-bond acceptors (Lipinski definition) is 9. The molecule has 0 bridgehead atoms. The molecule has 3 aromatic carbocycles. The Balaban J connectivity index is 1.64. The maximum absolute atomic E-state index is 14.5. The van der Waals surface area contributed by atoms with Crippen LogP contribution in [0.1, 0.15) is 70.7 Å². The second kappa shape index (κ2) is 15.7. The van der Waals surface area contributed by atoms with Crippen molar-refractivity contribution in [2.75, 3.05) is 31.1 Å². The number of esters is 1. The summed E-state index contributed by atoms with van der Waals surface area (Å²) in [5, 5.41) is 10.4. The van der Waals surface area contributed by atoms with Crippen molar-refractivity contribution in [2.24, 2.45) is 0 Å². The first-order chi connectivity index (χ1) is 23.9. The van der Waals surface area contributed by atoms with E-state index in [1.807, 2.05) is 54.6 Å². The number of anilines is 1. The lowest BCUT2D eigenvalue weighted by atomic mass is 9.92. The summed E-state index contributed by atoms with van der Waals surface area (Å²) in [5.74, 6) is -1.67. The number of rotatable bonds is 14. The molecular weight excluding hydrogens is 655 g/mol. The zero-order valence-corrected chi connectivity index (χ0v) is 30.0. The number of fused-ring (bicyclic) bond motifs is 2. The van der Waals surface area contributed by atoms with Crippen LogP contribution in [-0.2, 0) is 14.3 Å². The van der Waals surface area contributed by atoms with Gasteiger partial charge in [0.15, 0.2) is 0 Å². The molecule has 0 unspecified atom stereocenters. The van der Waals surface area contributed by atoms with Gasteiger partial charge >= 0.3 is 17.6 Å². The van der Waals surface area contributed by atoms with Gasteiger partial charge in [0, 0.05) is 67.3 Å². The summed E-state index contributed by atoms with van der Waals surface area (Å²) >= 11 is 1.38. The Hall–Kier alpha value is -5.03. The molecule has 5 rings (SSSR count). The van der Waals surface area contributed by atoms with Gasteiger partial charge < -0.3 is 24.1 Å². The highest BCUT2D eigenvalue weighted by Crippen LogP contribution is 2.41. The van der Waals surface area contributed by atoms with Crippen LogP contribution in [0.5, 0.6) is 0 Å². The molecule has 50 heavy (non-hydrogen) atoms. The number of ether oxygens (including phenoxy) is 1. The van der Waals surface area contributed by atoms with Crippen molar-refractivity contribution in [2.45, 2.75) is 65.9 Å². The molecule has 0 radical (unpaired) electrons. The number of carbonyl (C=O) groups excluding carboxylic acids is 2. The summed E-state index contributed by atoms with van der Waals surface area (Å²) in [4.78, 5) is 60.9. The Morgan fingerprint density at radius 3 is 2.26 bits per heavy atom. The lowest BCUT2D eigenvalue weighted by Gasteiger charge is -2.25. The summed E-state index contributed by atoms with van der Waals surface area (Å²) in [6.07, 6.45) is 0.554. The second-order valence-electron chi connectivity index (χ2n) is 13.0.